The Morgan fingerprint density at radius 1 is 1.28 bits per heavy atom. The fourth-order valence-electron chi connectivity index (χ4n) is 2.27. The summed E-state index contributed by atoms with van der Waals surface area (Å²) in [6.07, 6.45) is 1.15. The van der Waals surface area contributed by atoms with Gasteiger partial charge in [-0.2, -0.15) is 4.98 Å². The fraction of sp³-hybridized carbons (Fsp3) is 0.278. The van der Waals surface area contributed by atoms with Crippen LogP contribution in [0.5, 0.6) is 5.75 Å². The van der Waals surface area contributed by atoms with Gasteiger partial charge in [-0.15, -0.1) is 11.3 Å². The van der Waals surface area contributed by atoms with Crippen LogP contribution in [0.25, 0.3) is 10.7 Å². The Morgan fingerprint density at radius 2 is 2.03 bits per heavy atom. The molecule has 3 rings (SSSR count). The van der Waals surface area contributed by atoms with Gasteiger partial charge in [0, 0.05) is 13.6 Å². The van der Waals surface area contributed by atoms with Gasteiger partial charge in [-0.25, -0.2) is 12.7 Å². The summed E-state index contributed by atoms with van der Waals surface area (Å²) in [5.74, 6) is 0.966. The molecule has 154 valence electrons. The lowest BCUT2D eigenvalue weighted by Gasteiger charge is -2.14. The third-order valence-corrected chi connectivity index (χ3v) is 6.04. The molecule has 29 heavy (non-hydrogen) atoms. The second kappa shape index (κ2) is 9.16. The molecule has 0 bridgehead atoms. The number of aromatic nitrogens is 2. The molecule has 1 amide bonds. The van der Waals surface area contributed by atoms with Crippen molar-refractivity contribution in [2.75, 3.05) is 19.9 Å². The van der Waals surface area contributed by atoms with Crippen molar-refractivity contribution in [1.29, 1.82) is 0 Å². The first kappa shape index (κ1) is 21.0. The number of carbonyl (C=O) groups excluding carboxylic acids is 1. The molecule has 2 heterocycles. The summed E-state index contributed by atoms with van der Waals surface area (Å²) in [6, 6.07) is 10.6. The summed E-state index contributed by atoms with van der Waals surface area (Å²) in [5, 5.41) is 8.44. The second-order valence-corrected chi connectivity index (χ2v) is 9.25. The topological polar surface area (TPSA) is 115 Å². The first-order valence-electron chi connectivity index (χ1n) is 8.57. The molecule has 0 aliphatic carbocycles. The molecule has 1 N–H and O–H groups in total. The summed E-state index contributed by atoms with van der Waals surface area (Å²) >= 11 is 1.50. The molecule has 0 fully saturated rings. The van der Waals surface area contributed by atoms with Crippen molar-refractivity contribution in [3.63, 3.8) is 0 Å². The van der Waals surface area contributed by atoms with Gasteiger partial charge in [0.05, 0.1) is 17.7 Å². The molecular weight excluding hydrogens is 416 g/mol. The lowest BCUT2D eigenvalue weighted by atomic mass is 10.2. The average molecular weight is 437 g/mol. The SMILES string of the molecule is CN(Cc1ccc(OCC(=O)NCc2nc(-c3cccs3)no2)cc1)S(C)(=O)=O. The van der Waals surface area contributed by atoms with Crippen molar-refractivity contribution in [3.05, 3.63) is 53.2 Å². The van der Waals surface area contributed by atoms with E-state index in [1.807, 2.05) is 17.5 Å². The van der Waals surface area contributed by atoms with Crippen molar-refractivity contribution < 1.29 is 22.5 Å². The highest BCUT2D eigenvalue weighted by atomic mass is 32.2. The quantitative estimate of drug-likeness (QED) is 0.545. The maximum absolute atomic E-state index is 12.0. The summed E-state index contributed by atoms with van der Waals surface area (Å²) in [5.41, 5.74) is 0.813. The largest absolute Gasteiger partial charge is 0.484 e. The van der Waals surface area contributed by atoms with Crippen molar-refractivity contribution in [1.82, 2.24) is 19.8 Å². The minimum absolute atomic E-state index is 0.108. The standard InChI is InChI=1S/C18H20N4O5S2/c1-22(29(2,24)25)11-13-5-7-14(8-6-13)26-12-16(23)19-10-17-20-18(21-27-17)15-4-3-9-28-15/h3-9H,10-12H2,1-2H3,(H,19,23). The molecule has 0 radical (unpaired) electrons. The van der Waals surface area contributed by atoms with Crippen LogP contribution in [-0.4, -0.2) is 48.7 Å². The van der Waals surface area contributed by atoms with Crippen molar-refractivity contribution in [2.45, 2.75) is 13.1 Å². The number of hydrogen-bond acceptors (Lipinski definition) is 8. The predicted molar refractivity (Wildman–Crippen MR) is 108 cm³/mol. The number of ether oxygens (including phenoxy) is 1. The van der Waals surface area contributed by atoms with Crippen LogP contribution in [-0.2, 0) is 27.9 Å². The lowest BCUT2D eigenvalue weighted by molar-refractivity contribution is -0.123. The zero-order chi connectivity index (χ0) is 20.9. The molecule has 11 heteroatoms. The highest BCUT2D eigenvalue weighted by molar-refractivity contribution is 7.88. The fourth-order valence-corrected chi connectivity index (χ4v) is 3.30. The molecule has 0 atom stereocenters. The summed E-state index contributed by atoms with van der Waals surface area (Å²) < 4.78 is 34.7. The molecule has 9 nitrogen and oxygen atoms in total. The molecular formula is C18H20N4O5S2. The van der Waals surface area contributed by atoms with Gasteiger partial charge >= 0.3 is 0 Å². The van der Waals surface area contributed by atoms with Crippen molar-refractivity contribution in [2.24, 2.45) is 0 Å². The Kier molecular flexibility index (Phi) is 6.62. The predicted octanol–water partition coefficient (Wildman–Crippen LogP) is 1.88. The van der Waals surface area contributed by atoms with E-state index in [9.17, 15) is 13.2 Å². The monoisotopic (exact) mass is 436 g/mol. The number of benzene rings is 1. The molecule has 0 aliphatic heterocycles. The van der Waals surface area contributed by atoms with Crippen LogP contribution in [0.3, 0.4) is 0 Å². The third-order valence-electron chi connectivity index (χ3n) is 3.91. The van der Waals surface area contributed by atoms with E-state index in [1.54, 1.807) is 24.3 Å². The molecule has 0 unspecified atom stereocenters. The van der Waals surface area contributed by atoms with E-state index in [4.69, 9.17) is 9.26 Å². The number of carbonyl (C=O) groups is 1. The van der Waals surface area contributed by atoms with E-state index in [0.29, 0.717) is 17.5 Å². The highest BCUT2D eigenvalue weighted by Gasteiger charge is 2.12. The van der Waals surface area contributed by atoms with Gasteiger partial charge in [0.2, 0.25) is 21.7 Å². The second-order valence-electron chi connectivity index (χ2n) is 6.22. The number of rotatable bonds is 9. The van der Waals surface area contributed by atoms with Gasteiger partial charge in [0.1, 0.15) is 5.75 Å². The zero-order valence-electron chi connectivity index (χ0n) is 15.9. The highest BCUT2D eigenvalue weighted by Crippen LogP contribution is 2.21. The van der Waals surface area contributed by atoms with Gasteiger partial charge in [-0.05, 0) is 29.1 Å². The molecule has 3 aromatic rings. The Bertz CT molecular complexity index is 1050. The molecule has 2 aromatic heterocycles. The van der Waals surface area contributed by atoms with E-state index >= 15 is 0 Å². The van der Waals surface area contributed by atoms with Crippen molar-refractivity contribution in [3.8, 4) is 16.5 Å². The van der Waals surface area contributed by atoms with Gasteiger partial charge in [0.15, 0.2) is 6.61 Å². The molecule has 1 aromatic carbocycles. The summed E-state index contributed by atoms with van der Waals surface area (Å²) in [7, 11) is -1.73. The Hall–Kier alpha value is -2.76. The molecule has 0 aliphatic rings. The van der Waals surface area contributed by atoms with Gasteiger partial charge < -0.3 is 14.6 Å². The molecule has 0 saturated carbocycles. The average Bonchev–Trinajstić information content (AvgIpc) is 3.36. The van der Waals surface area contributed by atoms with Crippen LogP contribution in [0.15, 0.2) is 46.3 Å². The first-order chi connectivity index (χ1) is 13.8. The van der Waals surface area contributed by atoms with E-state index in [2.05, 4.69) is 15.5 Å². The number of amides is 1. The minimum atomic E-state index is -3.24. The van der Waals surface area contributed by atoms with Crippen LogP contribution < -0.4 is 10.1 Å². The normalized spacial score (nSPS) is 11.6. The van der Waals surface area contributed by atoms with Crippen LogP contribution >= 0.6 is 11.3 Å². The van der Waals surface area contributed by atoms with Gasteiger partial charge in [0.25, 0.3) is 5.91 Å². The van der Waals surface area contributed by atoms with E-state index < -0.39 is 10.0 Å². The Labute approximate surface area is 172 Å². The van der Waals surface area contributed by atoms with Crippen LogP contribution in [0, 0.1) is 0 Å². The zero-order valence-corrected chi connectivity index (χ0v) is 17.5. The van der Waals surface area contributed by atoms with Crippen LogP contribution in [0.2, 0.25) is 0 Å². The Morgan fingerprint density at radius 3 is 2.69 bits per heavy atom. The maximum atomic E-state index is 12.0. The van der Waals surface area contributed by atoms with E-state index in [0.717, 1.165) is 16.7 Å². The van der Waals surface area contributed by atoms with E-state index in [1.165, 1.54) is 22.7 Å². The number of hydrogen-bond donors (Lipinski definition) is 1. The number of thiophene rings is 1. The lowest BCUT2D eigenvalue weighted by Crippen LogP contribution is -2.28. The third kappa shape index (κ3) is 6.11. The summed E-state index contributed by atoms with van der Waals surface area (Å²) in [4.78, 5) is 17.1. The number of nitrogens with one attached hydrogen (secondary N) is 1. The van der Waals surface area contributed by atoms with Crippen LogP contribution in [0.1, 0.15) is 11.5 Å². The smallest absolute Gasteiger partial charge is 0.258 e. The molecule has 0 spiro atoms. The van der Waals surface area contributed by atoms with Crippen LogP contribution in [0.4, 0.5) is 0 Å². The van der Waals surface area contributed by atoms with E-state index in [-0.39, 0.29) is 25.6 Å². The minimum Gasteiger partial charge on any atom is -0.484 e. The molecule has 0 saturated heterocycles. The van der Waals surface area contributed by atoms with Gasteiger partial charge in [-0.3, -0.25) is 4.79 Å². The number of sulfonamides is 1. The van der Waals surface area contributed by atoms with Gasteiger partial charge in [-0.1, -0.05) is 23.4 Å². The maximum Gasteiger partial charge on any atom is 0.258 e. The summed E-state index contributed by atoms with van der Waals surface area (Å²) in [6.45, 7) is 0.198. The number of nitrogens with zero attached hydrogens (tertiary/aromatic N) is 3. The Balaban J connectivity index is 1.43. The van der Waals surface area contributed by atoms with Crippen molar-refractivity contribution >= 4 is 27.3 Å². The first-order valence-corrected chi connectivity index (χ1v) is 11.3.